The van der Waals surface area contributed by atoms with E-state index in [2.05, 4.69) is 27.2 Å². The number of piperidine rings is 1. The quantitative estimate of drug-likeness (QED) is 0.541. The van der Waals surface area contributed by atoms with Gasteiger partial charge in [0.2, 0.25) is 0 Å². The lowest BCUT2D eigenvalue weighted by Crippen LogP contribution is -2.43. The van der Waals surface area contributed by atoms with Crippen molar-refractivity contribution >= 4 is 11.6 Å². The first kappa shape index (κ1) is 13.0. The van der Waals surface area contributed by atoms with Crippen LogP contribution in [0.15, 0.2) is 6.33 Å². The van der Waals surface area contributed by atoms with E-state index in [1.807, 2.05) is 6.92 Å². The van der Waals surface area contributed by atoms with Gasteiger partial charge in [0, 0.05) is 18.7 Å². The highest BCUT2D eigenvalue weighted by atomic mass is 16.3. The first-order valence-electron chi connectivity index (χ1n) is 6.35. The van der Waals surface area contributed by atoms with Gasteiger partial charge in [-0.25, -0.2) is 15.8 Å². The highest BCUT2D eigenvalue weighted by Gasteiger charge is 2.29. The Bertz CT molecular complexity index is 411. The Morgan fingerprint density at radius 3 is 2.67 bits per heavy atom. The third-order valence-electron chi connectivity index (χ3n) is 3.55. The predicted octanol–water partition coefficient (Wildman–Crippen LogP) is 0.676. The molecule has 0 atom stereocenters. The van der Waals surface area contributed by atoms with Gasteiger partial charge in [-0.2, -0.15) is 0 Å². The van der Waals surface area contributed by atoms with Crippen LogP contribution in [0.1, 0.15) is 32.3 Å². The summed E-state index contributed by atoms with van der Waals surface area (Å²) in [6, 6.07) is 0. The topological polar surface area (TPSA) is 87.3 Å². The van der Waals surface area contributed by atoms with Crippen LogP contribution in [0.4, 0.5) is 11.6 Å². The van der Waals surface area contributed by atoms with Gasteiger partial charge in [-0.05, 0) is 26.2 Å². The fraction of sp³-hybridized carbons (Fsp3) is 0.667. The first-order valence-corrected chi connectivity index (χ1v) is 6.35. The Morgan fingerprint density at radius 1 is 1.44 bits per heavy atom. The fourth-order valence-corrected chi connectivity index (χ4v) is 2.33. The van der Waals surface area contributed by atoms with Crippen LogP contribution in [-0.4, -0.2) is 33.8 Å². The van der Waals surface area contributed by atoms with E-state index in [1.165, 1.54) is 6.33 Å². The highest BCUT2D eigenvalue weighted by molar-refractivity contribution is 5.58. The number of anilines is 2. The number of nitrogens with one attached hydrogen (secondary N) is 1. The third-order valence-corrected chi connectivity index (χ3v) is 3.55. The summed E-state index contributed by atoms with van der Waals surface area (Å²) in [6.07, 6.45) is 3.86. The van der Waals surface area contributed by atoms with Crippen LogP contribution >= 0.6 is 0 Å². The molecule has 1 aliphatic heterocycles. The van der Waals surface area contributed by atoms with E-state index in [0.717, 1.165) is 43.7 Å². The number of nitrogen functional groups attached to an aromatic ring is 1. The summed E-state index contributed by atoms with van der Waals surface area (Å²) < 4.78 is 0. The molecule has 1 aliphatic rings. The van der Waals surface area contributed by atoms with Gasteiger partial charge in [-0.3, -0.25) is 0 Å². The van der Waals surface area contributed by atoms with Gasteiger partial charge in [0.1, 0.15) is 18.0 Å². The molecular weight excluding hydrogens is 230 g/mol. The van der Waals surface area contributed by atoms with E-state index in [9.17, 15) is 5.11 Å². The zero-order chi connectivity index (χ0) is 13.2. The molecule has 0 bridgehead atoms. The number of nitrogens with two attached hydrogens (primary N) is 1. The number of aliphatic hydroxyl groups is 1. The van der Waals surface area contributed by atoms with Gasteiger partial charge in [-0.1, -0.05) is 6.92 Å². The van der Waals surface area contributed by atoms with Crippen LogP contribution in [-0.2, 0) is 6.42 Å². The van der Waals surface area contributed by atoms with Crippen molar-refractivity contribution < 1.29 is 5.11 Å². The van der Waals surface area contributed by atoms with Crippen LogP contribution in [0.25, 0.3) is 0 Å². The second kappa shape index (κ2) is 5.07. The Hall–Kier alpha value is -1.40. The molecule has 18 heavy (non-hydrogen) atoms. The summed E-state index contributed by atoms with van der Waals surface area (Å²) in [7, 11) is 0. The second-order valence-electron chi connectivity index (χ2n) is 5.01. The van der Waals surface area contributed by atoms with E-state index in [1.54, 1.807) is 0 Å². The van der Waals surface area contributed by atoms with Crippen molar-refractivity contribution in [3.8, 4) is 0 Å². The summed E-state index contributed by atoms with van der Waals surface area (Å²) in [6.45, 7) is 5.56. The van der Waals surface area contributed by atoms with Gasteiger partial charge in [0.15, 0.2) is 0 Å². The molecule has 0 aromatic carbocycles. The van der Waals surface area contributed by atoms with Crippen molar-refractivity contribution in [1.82, 2.24) is 9.97 Å². The van der Waals surface area contributed by atoms with Gasteiger partial charge in [0.05, 0.1) is 5.60 Å². The molecule has 0 aliphatic carbocycles. The summed E-state index contributed by atoms with van der Waals surface area (Å²) >= 11 is 0. The molecule has 0 radical (unpaired) electrons. The van der Waals surface area contributed by atoms with Crippen molar-refractivity contribution in [3.63, 3.8) is 0 Å². The lowest BCUT2D eigenvalue weighted by atomic mass is 9.93. The molecule has 4 N–H and O–H groups in total. The molecule has 6 heteroatoms. The highest BCUT2D eigenvalue weighted by Crippen LogP contribution is 2.29. The molecular formula is C12H21N5O. The number of hydrogen-bond acceptors (Lipinski definition) is 6. The molecule has 6 nitrogen and oxygen atoms in total. The molecule has 2 heterocycles. The molecule has 0 saturated carbocycles. The molecule has 1 aromatic rings. The lowest BCUT2D eigenvalue weighted by Gasteiger charge is -2.37. The first-order chi connectivity index (χ1) is 8.57. The van der Waals surface area contributed by atoms with Crippen molar-refractivity contribution in [2.24, 2.45) is 5.84 Å². The van der Waals surface area contributed by atoms with Crippen LogP contribution in [0.5, 0.6) is 0 Å². The zero-order valence-electron chi connectivity index (χ0n) is 11.0. The Morgan fingerprint density at radius 2 is 2.11 bits per heavy atom. The fourth-order valence-electron chi connectivity index (χ4n) is 2.33. The average Bonchev–Trinajstić information content (AvgIpc) is 2.37. The summed E-state index contributed by atoms with van der Waals surface area (Å²) in [5.41, 5.74) is 3.09. The monoisotopic (exact) mass is 251 g/mol. The molecule has 0 unspecified atom stereocenters. The summed E-state index contributed by atoms with van der Waals surface area (Å²) in [5, 5.41) is 9.97. The summed E-state index contributed by atoms with van der Waals surface area (Å²) in [5.74, 6) is 7.08. The Kier molecular flexibility index (Phi) is 3.68. The maximum Gasteiger partial charge on any atom is 0.148 e. The van der Waals surface area contributed by atoms with Gasteiger partial charge in [-0.15, -0.1) is 0 Å². The molecule has 100 valence electrons. The van der Waals surface area contributed by atoms with E-state index < -0.39 is 5.60 Å². The normalized spacial score (nSPS) is 18.8. The van der Waals surface area contributed by atoms with E-state index in [0.29, 0.717) is 5.82 Å². The Balaban J connectivity index is 2.23. The maximum absolute atomic E-state index is 9.97. The van der Waals surface area contributed by atoms with Crippen molar-refractivity contribution in [1.29, 1.82) is 0 Å². The van der Waals surface area contributed by atoms with Crippen molar-refractivity contribution in [3.05, 3.63) is 11.9 Å². The SMILES string of the molecule is CCc1c(NN)ncnc1N1CCC(C)(O)CC1. The number of aromatic nitrogens is 2. The smallest absolute Gasteiger partial charge is 0.148 e. The van der Waals surface area contributed by atoms with Crippen molar-refractivity contribution in [2.75, 3.05) is 23.4 Å². The minimum absolute atomic E-state index is 0.551. The minimum atomic E-state index is -0.551. The standard InChI is InChI=1S/C12H21N5O/c1-3-9-10(16-13)14-8-15-11(9)17-6-4-12(2,18)5-7-17/h8,18H,3-7,13H2,1-2H3,(H,14,15,16). The second-order valence-corrected chi connectivity index (χ2v) is 5.01. The van der Waals surface area contributed by atoms with Gasteiger partial charge in [0.25, 0.3) is 0 Å². The number of rotatable bonds is 3. The van der Waals surface area contributed by atoms with Crippen LogP contribution < -0.4 is 16.2 Å². The molecule has 1 fully saturated rings. The average molecular weight is 251 g/mol. The van der Waals surface area contributed by atoms with Crippen LogP contribution in [0.2, 0.25) is 0 Å². The van der Waals surface area contributed by atoms with Crippen LogP contribution in [0.3, 0.4) is 0 Å². The summed E-state index contributed by atoms with van der Waals surface area (Å²) in [4.78, 5) is 10.7. The number of nitrogens with zero attached hydrogens (tertiary/aromatic N) is 3. The molecule has 1 saturated heterocycles. The van der Waals surface area contributed by atoms with Crippen LogP contribution in [0, 0.1) is 0 Å². The predicted molar refractivity (Wildman–Crippen MR) is 71.3 cm³/mol. The molecule has 1 aromatic heterocycles. The zero-order valence-corrected chi connectivity index (χ0v) is 11.0. The van der Waals surface area contributed by atoms with E-state index in [-0.39, 0.29) is 0 Å². The minimum Gasteiger partial charge on any atom is -0.390 e. The number of hydrogen-bond donors (Lipinski definition) is 3. The number of hydrazine groups is 1. The molecule has 2 rings (SSSR count). The van der Waals surface area contributed by atoms with Crippen molar-refractivity contribution in [2.45, 2.75) is 38.7 Å². The molecule has 0 amide bonds. The van der Waals surface area contributed by atoms with E-state index in [4.69, 9.17) is 5.84 Å². The van der Waals surface area contributed by atoms with Gasteiger partial charge < -0.3 is 15.4 Å². The Labute approximate surface area is 107 Å². The lowest BCUT2D eigenvalue weighted by molar-refractivity contribution is 0.0350. The molecule has 0 spiro atoms. The third kappa shape index (κ3) is 2.54. The largest absolute Gasteiger partial charge is 0.390 e. The maximum atomic E-state index is 9.97. The van der Waals surface area contributed by atoms with E-state index >= 15 is 0 Å². The van der Waals surface area contributed by atoms with Gasteiger partial charge >= 0.3 is 0 Å².